The summed E-state index contributed by atoms with van der Waals surface area (Å²) in [5.74, 6) is 2.46. The first-order valence-electron chi connectivity index (χ1n) is 5.81. The lowest BCUT2D eigenvalue weighted by Crippen LogP contribution is -2.40. The average Bonchev–Trinajstić information content (AvgIpc) is 2.81. The van der Waals surface area contributed by atoms with Crippen LogP contribution in [-0.4, -0.2) is 45.1 Å². The zero-order valence-corrected chi connectivity index (χ0v) is 10.2. The third-order valence-electron chi connectivity index (χ3n) is 2.76. The molecule has 5 heteroatoms. The van der Waals surface area contributed by atoms with Crippen LogP contribution in [0.15, 0.2) is 18.5 Å². The van der Waals surface area contributed by atoms with Gasteiger partial charge < -0.3 is 10.4 Å². The highest BCUT2D eigenvalue weighted by atomic mass is 32.2. The van der Waals surface area contributed by atoms with Crippen LogP contribution in [0.25, 0.3) is 0 Å². The monoisotopic (exact) mass is 241 g/mol. The van der Waals surface area contributed by atoms with Crippen LogP contribution in [0.3, 0.4) is 0 Å². The standard InChI is InChI=1S/C11H19N3OS/c15-11(8-14-5-2-4-13-14)7-12-10-3-1-6-16-9-10/h2,4-5,10-12,15H,1,3,6-9H2. The maximum atomic E-state index is 9.82. The Kier molecular flexibility index (Phi) is 4.69. The maximum absolute atomic E-state index is 9.82. The number of aliphatic hydroxyl groups is 1. The van der Waals surface area contributed by atoms with Crippen molar-refractivity contribution in [3.63, 3.8) is 0 Å². The minimum absolute atomic E-state index is 0.355. The zero-order chi connectivity index (χ0) is 11.2. The molecule has 0 saturated carbocycles. The first kappa shape index (κ1) is 12.0. The highest BCUT2D eigenvalue weighted by molar-refractivity contribution is 7.99. The third kappa shape index (κ3) is 3.81. The van der Waals surface area contributed by atoms with Crippen molar-refractivity contribution in [2.75, 3.05) is 18.1 Å². The molecule has 2 atom stereocenters. The van der Waals surface area contributed by atoms with Gasteiger partial charge in [-0.05, 0) is 24.7 Å². The number of hydrogen-bond acceptors (Lipinski definition) is 4. The fourth-order valence-electron chi connectivity index (χ4n) is 1.89. The number of hydrogen-bond donors (Lipinski definition) is 2. The molecule has 16 heavy (non-hydrogen) atoms. The van der Waals surface area contributed by atoms with Gasteiger partial charge in [-0.1, -0.05) is 0 Å². The molecule has 0 bridgehead atoms. The molecule has 1 fully saturated rings. The summed E-state index contributed by atoms with van der Waals surface area (Å²) >= 11 is 2.00. The van der Waals surface area contributed by atoms with Gasteiger partial charge in [0, 0.05) is 30.7 Å². The number of thioether (sulfide) groups is 1. The molecule has 1 aliphatic rings. The lowest BCUT2D eigenvalue weighted by molar-refractivity contribution is 0.143. The molecule has 1 aromatic heterocycles. The summed E-state index contributed by atoms with van der Waals surface area (Å²) in [6.45, 7) is 1.23. The Bertz CT molecular complexity index is 285. The lowest BCUT2D eigenvalue weighted by atomic mass is 10.2. The van der Waals surface area contributed by atoms with E-state index in [9.17, 15) is 5.11 Å². The number of aliphatic hydroxyl groups excluding tert-OH is 1. The summed E-state index contributed by atoms with van der Waals surface area (Å²) in [6, 6.07) is 2.45. The molecular weight excluding hydrogens is 222 g/mol. The van der Waals surface area contributed by atoms with E-state index in [1.54, 1.807) is 10.9 Å². The smallest absolute Gasteiger partial charge is 0.0860 e. The van der Waals surface area contributed by atoms with E-state index in [4.69, 9.17) is 0 Å². The summed E-state index contributed by atoms with van der Waals surface area (Å²) in [5.41, 5.74) is 0. The van der Waals surface area contributed by atoms with Gasteiger partial charge in [0.25, 0.3) is 0 Å². The Morgan fingerprint density at radius 1 is 1.62 bits per heavy atom. The van der Waals surface area contributed by atoms with Gasteiger partial charge in [0.05, 0.1) is 12.6 Å². The van der Waals surface area contributed by atoms with E-state index in [0.29, 0.717) is 19.1 Å². The lowest BCUT2D eigenvalue weighted by Gasteiger charge is -2.23. The van der Waals surface area contributed by atoms with Crippen LogP contribution in [-0.2, 0) is 6.54 Å². The summed E-state index contributed by atoms with van der Waals surface area (Å²) < 4.78 is 1.77. The summed E-state index contributed by atoms with van der Waals surface area (Å²) in [6.07, 6.45) is 5.78. The molecule has 90 valence electrons. The minimum atomic E-state index is -0.355. The van der Waals surface area contributed by atoms with Crippen LogP contribution >= 0.6 is 11.8 Å². The Balaban J connectivity index is 1.65. The molecule has 0 radical (unpaired) electrons. The van der Waals surface area contributed by atoms with Gasteiger partial charge in [0.1, 0.15) is 0 Å². The van der Waals surface area contributed by atoms with Crippen molar-refractivity contribution in [3.05, 3.63) is 18.5 Å². The second kappa shape index (κ2) is 6.27. The highest BCUT2D eigenvalue weighted by Crippen LogP contribution is 2.16. The molecule has 0 aliphatic carbocycles. The fraction of sp³-hybridized carbons (Fsp3) is 0.727. The molecule has 0 amide bonds. The molecule has 2 unspecified atom stereocenters. The van der Waals surface area contributed by atoms with Crippen LogP contribution in [0.2, 0.25) is 0 Å². The molecule has 2 rings (SSSR count). The van der Waals surface area contributed by atoms with Crippen molar-refractivity contribution < 1.29 is 5.11 Å². The highest BCUT2D eigenvalue weighted by Gasteiger charge is 2.14. The zero-order valence-electron chi connectivity index (χ0n) is 9.38. The first-order chi connectivity index (χ1) is 7.84. The number of aromatic nitrogens is 2. The van der Waals surface area contributed by atoms with Gasteiger partial charge >= 0.3 is 0 Å². The predicted molar refractivity (Wildman–Crippen MR) is 66.6 cm³/mol. The number of nitrogens with one attached hydrogen (secondary N) is 1. The molecule has 2 heterocycles. The Labute approximate surface area is 100 Å². The van der Waals surface area contributed by atoms with E-state index in [-0.39, 0.29) is 6.10 Å². The van der Waals surface area contributed by atoms with Gasteiger partial charge in [0.2, 0.25) is 0 Å². The van der Waals surface area contributed by atoms with Gasteiger partial charge in [0.15, 0.2) is 0 Å². The molecule has 1 saturated heterocycles. The van der Waals surface area contributed by atoms with Crippen molar-refractivity contribution in [2.45, 2.75) is 31.5 Å². The second-order valence-corrected chi connectivity index (χ2v) is 5.35. The van der Waals surface area contributed by atoms with E-state index in [1.807, 2.05) is 24.0 Å². The Hall–Kier alpha value is -0.520. The van der Waals surface area contributed by atoms with Crippen LogP contribution in [0.5, 0.6) is 0 Å². The van der Waals surface area contributed by atoms with E-state index < -0.39 is 0 Å². The predicted octanol–water partition coefficient (Wildman–Crippen LogP) is 0.729. The number of nitrogens with zero attached hydrogens (tertiary/aromatic N) is 2. The Morgan fingerprint density at radius 2 is 2.56 bits per heavy atom. The van der Waals surface area contributed by atoms with Crippen molar-refractivity contribution in [1.82, 2.24) is 15.1 Å². The molecule has 4 nitrogen and oxygen atoms in total. The van der Waals surface area contributed by atoms with E-state index in [1.165, 1.54) is 24.3 Å². The van der Waals surface area contributed by atoms with Crippen LogP contribution in [0, 0.1) is 0 Å². The van der Waals surface area contributed by atoms with Gasteiger partial charge in [-0.25, -0.2) is 0 Å². The van der Waals surface area contributed by atoms with Gasteiger partial charge in [-0.15, -0.1) is 0 Å². The number of rotatable bonds is 5. The summed E-state index contributed by atoms with van der Waals surface area (Å²) in [5, 5.41) is 17.3. The van der Waals surface area contributed by atoms with E-state index in [2.05, 4.69) is 10.4 Å². The molecule has 0 aromatic carbocycles. The largest absolute Gasteiger partial charge is 0.390 e. The topological polar surface area (TPSA) is 50.1 Å². The van der Waals surface area contributed by atoms with Crippen molar-refractivity contribution in [1.29, 1.82) is 0 Å². The van der Waals surface area contributed by atoms with Gasteiger partial charge in [-0.2, -0.15) is 16.9 Å². The van der Waals surface area contributed by atoms with Crippen LogP contribution in [0.4, 0.5) is 0 Å². The van der Waals surface area contributed by atoms with Crippen LogP contribution in [0.1, 0.15) is 12.8 Å². The quantitative estimate of drug-likeness (QED) is 0.798. The molecule has 2 N–H and O–H groups in total. The summed E-state index contributed by atoms with van der Waals surface area (Å²) in [7, 11) is 0. The van der Waals surface area contributed by atoms with Crippen molar-refractivity contribution in [2.24, 2.45) is 0 Å². The van der Waals surface area contributed by atoms with Gasteiger partial charge in [-0.3, -0.25) is 4.68 Å². The van der Waals surface area contributed by atoms with Crippen molar-refractivity contribution in [3.8, 4) is 0 Å². The Morgan fingerprint density at radius 3 is 3.25 bits per heavy atom. The fourth-order valence-corrected chi connectivity index (χ4v) is 3.00. The molecule has 1 aromatic rings. The van der Waals surface area contributed by atoms with Crippen molar-refractivity contribution >= 4 is 11.8 Å². The molecular formula is C11H19N3OS. The minimum Gasteiger partial charge on any atom is -0.390 e. The van der Waals surface area contributed by atoms with E-state index in [0.717, 1.165) is 0 Å². The molecule has 1 aliphatic heterocycles. The second-order valence-electron chi connectivity index (χ2n) is 4.20. The third-order valence-corrected chi connectivity index (χ3v) is 3.97. The summed E-state index contributed by atoms with van der Waals surface area (Å²) in [4.78, 5) is 0. The SMILES string of the molecule is OC(CNC1CCCSC1)Cn1cccn1. The normalized spacial score (nSPS) is 23.2. The van der Waals surface area contributed by atoms with E-state index >= 15 is 0 Å². The first-order valence-corrected chi connectivity index (χ1v) is 6.96. The molecule has 0 spiro atoms. The average molecular weight is 241 g/mol. The van der Waals surface area contributed by atoms with Crippen LogP contribution < -0.4 is 5.32 Å². The maximum Gasteiger partial charge on any atom is 0.0860 e.